The number of nitrogens with one attached hydrogen (secondary N) is 1. The van der Waals surface area contributed by atoms with Gasteiger partial charge in [-0.1, -0.05) is 36.4 Å². The summed E-state index contributed by atoms with van der Waals surface area (Å²) in [7, 11) is -8.33. The van der Waals surface area contributed by atoms with Crippen LogP contribution in [-0.2, 0) is 24.5 Å². The molecule has 0 aliphatic carbocycles. The zero-order valence-electron chi connectivity index (χ0n) is 13.5. The highest BCUT2D eigenvalue weighted by Crippen LogP contribution is 2.23. The molecular weight excluding hydrogens is 380 g/mol. The Kier molecular flexibility index (Phi) is 6.13. The van der Waals surface area contributed by atoms with Crippen molar-refractivity contribution in [2.24, 2.45) is 5.73 Å². The van der Waals surface area contributed by atoms with E-state index in [1.54, 1.807) is 12.1 Å². The van der Waals surface area contributed by atoms with E-state index in [-0.39, 0.29) is 9.79 Å². The van der Waals surface area contributed by atoms with E-state index in [0.29, 0.717) is 0 Å². The van der Waals surface area contributed by atoms with Gasteiger partial charge in [-0.05, 0) is 24.3 Å². The monoisotopic (exact) mass is 398 g/mol. The Labute approximate surface area is 151 Å². The first-order valence-corrected chi connectivity index (χ1v) is 10.6. The molecule has 8 nitrogen and oxygen atoms in total. The average Bonchev–Trinajstić information content (AvgIpc) is 2.66. The van der Waals surface area contributed by atoms with Crippen LogP contribution in [0.3, 0.4) is 0 Å². The standard InChI is InChI=1S/C16H18N2O6S2/c17-15(26(23,24)13-9-5-2-6-10-13)11-14(16(19)18-20)25(21,22)12-7-3-1-4-8-12/h1-10,14-15,20H,11,17H2,(H,18,19). The minimum atomic E-state index is -4.27. The number of sulfone groups is 2. The van der Waals surface area contributed by atoms with Crippen LogP contribution in [0.4, 0.5) is 0 Å². The van der Waals surface area contributed by atoms with Gasteiger partial charge < -0.3 is 5.73 Å². The fourth-order valence-corrected chi connectivity index (χ4v) is 5.46. The van der Waals surface area contributed by atoms with Crippen LogP contribution >= 0.6 is 0 Å². The van der Waals surface area contributed by atoms with Gasteiger partial charge in [0.05, 0.1) is 9.79 Å². The first-order chi connectivity index (χ1) is 12.2. The van der Waals surface area contributed by atoms with Crippen LogP contribution in [0.1, 0.15) is 6.42 Å². The summed E-state index contributed by atoms with van der Waals surface area (Å²) >= 11 is 0. The molecule has 0 saturated heterocycles. The third-order valence-corrected chi connectivity index (χ3v) is 7.77. The molecule has 2 rings (SSSR count). The Morgan fingerprint density at radius 2 is 1.31 bits per heavy atom. The van der Waals surface area contributed by atoms with Crippen LogP contribution in [0.2, 0.25) is 0 Å². The van der Waals surface area contributed by atoms with E-state index in [0.717, 1.165) is 0 Å². The zero-order chi connectivity index (χ0) is 19.4. The lowest BCUT2D eigenvalue weighted by atomic mass is 10.3. The second-order valence-corrected chi connectivity index (χ2v) is 9.75. The summed E-state index contributed by atoms with van der Waals surface area (Å²) in [5.74, 6) is -1.26. The second-order valence-electron chi connectivity index (χ2n) is 5.45. The van der Waals surface area contributed by atoms with Crippen LogP contribution in [0.25, 0.3) is 0 Å². The lowest BCUT2D eigenvalue weighted by molar-refractivity contribution is -0.128. The summed E-state index contributed by atoms with van der Waals surface area (Å²) in [5.41, 5.74) is 7.01. The van der Waals surface area contributed by atoms with Crippen LogP contribution in [-0.4, -0.2) is 38.6 Å². The lowest BCUT2D eigenvalue weighted by Crippen LogP contribution is -2.44. The number of benzene rings is 2. The predicted molar refractivity (Wildman–Crippen MR) is 93.6 cm³/mol. The summed E-state index contributed by atoms with van der Waals surface area (Å²) in [6.45, 7) is 0. The van der Waals surface area contributed by atoms with Crippen LogP contribution in [0.5, 0.6) is 0 Å². The number of hydroxylamine groups is 1. The first-order valence-electron chi connectivity index (χ1n) is 7.48. The molecule has 0 spiro atoms. The van der Waals surface area contributed by atoms with Gasteiger partial charge in [0.2, 0.25) is 0 Å². The summed E-state index contributed by atoms with van der Waals surface area (Å²) in [5, 5.41) is 5.36. The lowest BCUT2D eigenvalue weighted by Gasteiger charge is -2.20. The fourth-order valence-electron chi connectivity index (χ4n) is 2.34. The number of carbonyl (C=O) groups excluding carboxylic acids is 1. The first kappa shape index (κ1) is 20.0. The van der Waals surface area contributed by atoms with Gasteiger partial charge >= 0.3 is 0 Å². The van der Waals surface area contributed by atoms with Crippen molar-refractivity contribution in [2.75, 3.05) is 0 Å². The number of hydrogen-bond acceptors (Lipinski definition) is 7. The van der Waals surface area contributed by atoms with Crippen molar-refractivity contribution in [1.29, 1.82) is 0 Å². The van der Waals surface area contributed by atoms with Gasteiger partial charge in [0.15, 0.2) is 19.7 Å². The van der Waals surface area contributed by atoms with Gasteiger partial charge in [0.25, 0.3) is 5.91 Å². The Hall–Kier alpha value is -2.27. The summed E-state index contributed by atoms with van der Waals surface area (Å²) in [6.07, 6.45) is -0.721. The van der Waals surface area contributed by atoms with Crippen molar-refractivity contribution < 1.29 is 26.8 Å². The largest absolute Gasteiger partial charge is 0.315 e. The van der Waals surface area contributed by atoms with Crippen molar-refractivity contribution in [1.82, 2.24) is 5.48 Å². The minimum absolute atomic E-state index is 0.0900. The predicted octanol–water partition coefficient (Wildman–Crippen LogP) is 0.483. The smallest absolute Gasteiger partial charge is 0.262 e. The molecule has 0 aromatic heterocycles. The van der Waals surface area contributed by atoms with E-state index < -0.39 is 42.6 Å². The molecule has 4 N–H and O–H groups in total. The quantitative estimate of drug-likeness (QED) is 0.454. The summed E-state index contributed by atoms with van der Waals surface area (Å²) in [6, 6.07) is 14.3. The molecule has 0 fully saturated rings. The maximum absolute atomic E-state index is 12.7. The maximum Gasteiger partial charge on any atom is 0.262 e. The summed E-state index contributed by atoms with van der Waals surface area (Å²) in [4.78, 5) is 11.7. The third kappa shape index (κ3) is 4.10. The third-order valence-electron chi connectivity index (χ3n) is 3.77. The average molecular weight is 398 g/mol. The van der Waals surface area contributed by atoms with Crippen molar-refractivity contribution in [3.05, 3.63) is 60.7 Å². The molecule has 2 unspecified atom stereocenters. The number of carbonyl (C=O) groups is 1. The molecule has 2 aromatic carbocycles. The normalized spacial score (nSPS) is 14.4. The van der Waals surface area contributed by atoms with Gasteiger partial charge in [0.1, 0.15) is 10.6 Å². The second kappa shape index (κ2) is 7.96. The van der Waals surface area contributed by atoms with Crippen molar-refractivity contribution in [2.45, 2.75) is 26.8 Å². The van der Waals surface area contributed by atoms with Crippen LogP contribution in [0, 0.1) is 0 Å². The van der Waals surface area contributed by atoms with Crippen LogP contribution < -0.4 is 11.2 Å². The van der Waals surface area contributed by atoms with E-state index >= 15 is 0 Å². The highest BCUT2D eigenvalue weighted by atomic mass is 32.2. The molecule has 0 saturated carbocycles. The number of hydrogen-bond donors (Lipinski definition) is 3. The SMILES string of the molecule is NC(CC(C(=O)NO)S(=O)(=O)c1ccccc1)S(=O)(=O)c1ccccc1. The molecule has 140 valence electrons. The molecule has 0 radical (unpaired) electrons. The molecule has 0 bridgehead atoms. The Morgan fingerprint density at radius 3 is 1.73 bits per heavy atom. The zero-order valence-corrected chi connectivity index (χ0v) is 15.2. The number of rotatable bonds is 7. The van der Waals surface area contributed by atoms with Gasteiger partial charge in [-0.2, -0.15) is 0 Å². The number of amides is 1. The Morgan fingerprint density at radius 1 is 0.885 bits per heavy atom. The molecule has 0 aliphatic heterocycles. The van der Waals surface area contributed by atoms with Gasteiger partial charge in [-0.3, -0.25) is 10.0 Å². The van der Waals surface area contributed by atoms with Crippen molar-refractivity contribution in [3.63, 3.8) is 0 Å². The molecule has 0 aliphatic rings. The van der Waals surface area contributed by atoms with E-state index in [1.807, 2.05) is 0 Å². The molecule has 1 amide bonds. The maximum atomic E-state index is 12.7. The number of nitrogens with two attached hydrogens (primary N) is 1. The molecule has 2 aromatic rings. The van der Waals surface area contributed by atoms with E-state index in [4.69, 9.17) is 10.9 Å². The van der Waals surface area contributed by atoms with Crippen molar-refractivity contribution in [3.8, 4) is 0 Å². The molecule has 2 atom stereocenters. The molecule has 0 heterocycles. The minimum Gasteiger partial charge on any atom is -0.315 e. The van der Waals surface area contributed by atoms with Crippen molar-refractivity contribution >= 4 is 25.6 Å². The Balaban J connectivity index is 2.39. The van der Waals surface area contributed by atoms with Crippen LogP contribution in [0.15, 0.2) is 70.5 Å². The van der Waals surface area contributed by atoms with E-state index in [1.165, 1.54) is 54.0 Å². The Bertz CT molecular complexity index is 960. The molecule has 10 heteroatoms. The molecular formula is C16H18N2O6S2. The summed E-state index contributed by atoms with van der Waals surface area (Å²) < 4.78 is 50.5. The van der Waals surface area contributed by atoms with E-state index in [9.17, 15) is 21.6 Å². The van der Waals surface area contributed by atoms with Gasteiger partial charge in [0, 0.05) is 6.42 Å². The molecule has 26 heavy (non-hydrogen) atoms. The highest BCUT2D eigenvalue weighted by Gasteiger charge is 2.38. The van der Waals surface area contributed by atoms with E-state index in [2.05, 4.69) is 0 Å². The fraction of sp³-hybridized carbons (Fsp3) is 0.188. The highest BCUT2D eigenvalue weighted by molar-refractivity contribution is 7.93. The van der Waals surface area contributed by atoms with Gasteiger partial charge in [-0.25, -0.2) is 22.3 Å². The topological polar surface area (TPSA) is 144 Å². The van der Waals surface area contributed by atoms with Gasteiger partial charge in [-0.15, -0.1) is 0 Å².